The van der Waals surface area contributed by atoms with Gasteiger partial charge in [-0.25, -0.2) is 8.42 Å². The Hall–Kier alpha value is -1.40. The highest BCUT2D eigenvalue weighted by molar-refractivity contribution is 7.89. The van der Waals surface area contributed by atoms with E-state index in [1.165, 1.54) is 12.1 Å². The molecule has 0 saturated carbocycles. The van der Waals surface area contributed by atoms with Crippen LogP contribution in [0.4, 0.5) is 0 Å². The Morgan fingerprint density at radius 3 is 2.24 bits per heavy atom. The fraction of sp³-hybridized carbons (Fsp3) is 0.533. The molecule has 21 heavy (non-hydrogen) atoms. The van der Waals surface area contributed by atoms with E-state index in [4.69, 9.17) is 4.74 Å². The summed E-state index contributed by atoms with van der Waals surface area (Å²) in [6.45, 7) is 7.11. The smallest absolute Gasteiger partial charge is 0.321 e. The Kier molecular flexibility index (Phi) is 5.92. The summed E-state index contributed by atoms with van der Waals surface area (Å²) in [5, 5.41) is 0. The molecular weight excluding hydrogens is 290 g/mol. The Labute approximate surface area is 127 Å². The van der Waals surface area contributed by atoms with Crippen molar-refractivity contribution in [3.8, 4) is 0 Å². The maximum absolute atomic E-state index is 12.5. The molecule has 0 fully saturated rings. The molecule has 1 aromatic rings. The molecule has 6 heteroatoms. The van der Waals surface area contributed by atoms with E-state index in [-0.39, 0.29) is 18.0 Å². The molecular formula is C15H23NO4S. The predicted octanol–water partition coefficient (Wildman–Crippen LogP) is 2.43. The predicted molar refractivity (Wildman–Crippen MR) is 81.3 cm³/mol. The Balaban J connectivity index is 2.94. The summed E-state index contributed by atoms with van der Waals surface area (Å²) in [6.07, 6.45) is 0.620. The summed E-state index contributed by atoms with van der Waals surface area (Å²) in [7, 11) is -3.68. The van der Waals surface area contributed by atoms with Crippen molar-refractivity contribution in [3.63, 3.8) is 0 Å². The molecule has 0 unspecified atom stereocenters. The van der Waals surface area contributed by atoms with Gasteiger partial charge in [-0.3, -0.25) is 4.79 Å². The zero-order valence-electron chi connectivity index (χ0n) is 13.0. The number of esters is 1. The van der Waals surface area contributed by atoms with Crippen molar-refractivity contribution in [2.75, 3.05) is 13.1 Å². The lowest BCUT2D eigenvalue weighted by atomic mass is 10.2. The first-order valence-corrected chi connectivity index (χ1v) is 8.38. The summed E-state index contributed by atoms with van der Waals surface area (Å²) < 4.78 is 31.4. The average Bonchev–Trinajstić information content (AvgIpc) is 2.37. The number of rotatable bonds is 6. The Morgan fingerprint density at radius 1 is 1.19 bits per heavy atom. The first kappa shape index (κ1) is 17.7. The zero-order valence-corrected chi connectivity index (χ0v) is 13.8. The topological polar surface area (TPSA) is 63.7 Å². The number of hydrogen-bond donors (Lipinski definition) is 0. The van der Waals surface area contributed by atoms with Crippen molar-refractivity contribution < 1.29 is 17.9 Å². The van der Waals surface area contributed by atoms with Crippen molar-refractivity contribution in [1.82, 2.24) is 4.31 Å². The van der Waals surface area contributed by atoms with E-state index in [0.29, 0.717) is 6.42 Å². The lowest BCUT2D eigenvalue weighted by Gasteiger charge is -2.24. The third kappa shape index (κ3) is 5.47. The van der Waals surface area contributed by atoms with Crippen LogP contribution in [-0.2, 0) is 19.6 Å². The molecule has 0 spiro atoms. The van der Waals surface area contributed by atoms with Gasteiger partial charge in [0.2, 0.25) is 10.0 Å². The minimum Gasteiger partial charge on any atom is -0.459 e. The highest BCUT2D eigenvalue weighted by Crippen LogP contribution is 2.16. The Bertz CT molecular complexity index is 561. The quantitative estimate of drug-likeness (QED) is 0.757. The van der Waals surface area contributed by atoms with Gasteiger partial charge in [-0.2, -0.15) is 4.31 Å². The van der Waals surface area contributed by atoms with Crippen LogP contribution in [-0.4, -0.2) is 37.4 Å². The molecule has 5 nitrogen and oxygen atoms in total. The highest BCUT2D eigenvalue weighted by atomic mass is 32.2. The molecule has 0 saturated heterocycles. The number of nitrogens with zero attached hydrogens (tertiary/aromatic N) is 1. The maximum Gasteiger partial charge on any atom is 0.321 e. The molecule has 0 aliphatic rings. The first-order valence-electron chi connectivity index (χ1n) is 6.94. The lowest BCUT2D eigenvalue weighted by Crippen LogP contribution is -2.39. The van der Waals surface area contributed by atoms with Gasteiger partial charge in [-0.1, -0.05) is 25.1 Å². The van der Waals surface area contributed by atoms with Crippen molar-refractivity contribution in [1.29, 1.82) is 0 Å². The largest absolute Gasteiger partial charge is 0.459 e. The average molecular weight is 313 g/mol. The van der Waals surface area contributed by atoms with E-state index in [0.717, 1.165) is 4.31 Å². The maximum atomic E-state index is 12.5. The molecule has 0 aromatic heterocycles. The molecule has 1 aromatic carbocycles. The molecule has 0 aliphatic heterocycles. The molecule has 0 radical (unpaired) electrons. The second kappa shape index (κ2) is 7.04. The number of ether oxygens (including phenoxy) is 1. The third-order valence-electron chi connectivity index (χ3n) is 2.58. The van der Waals surface area contributed by atoms with Gasteiger partial charge in [0.05, 0.1) is 4.90 Å². The van der Waals surface area contributed by atoms with E-state index < -0.39 is 21.6 Å². The monoisotopic (exact) mass is 313 g/mol. The number of carbonyl (C=O) groups is 1. The summed E-state index contributed by atoms with van der Waals surface area (Å²) >= 11 is 0. The van der Waals surface area contributed by atoms with Gasteiger partial charge in [0.1, 0.15) is 12.1 Å². The van der Waals surface area contributed by atoms with Crippen LogP contribution in [0.2, 0.25) is 0 Å². The summed E-state index contributed by atoms with van der Waals surface area (Å²) in [4.78, 5) is 12.1. The van der Waals surface area contributed by atoms with Crippen LogP contribution in [0.1, 0.15) is 34.1 Å². The van der Waals surface area contributed by atoms with E-state index in [2.05, 4.69) is 0 Å². The lowest BCUT2D eigenvalue weighted by molar-refractivity contribution is -0.154. The summed E-state index contributed by atoms with van der Waals surface area (Å²) in [6, 6.07) is 8.10. The zero-order chi connectivity index (χ0) is 16.1. The molecule has 0 amide bonds. The van der Waals surface area contributed by atoms with Gasteiger partial charge < -0.3 is 4.74 Å². The molecule has 0 bridgehead atoms. The van der Waals surface area contributed by atoms with Gasteiger partial charge >= 0.3 is 5.97 Å². The highest BCUT2D eigenvalue weighted by Gasteiger charge is 2.27. The van der Waals surface area contributed by atoms with Gasteiger partial charge in [0, 0.05) is 6.54 Å². The van der Waals surface area contributed by atoms with E-state index in [1.807, 2.05) is 6.92 Å². The SMILES string of the molecule is CCCN(CC(=O)OC(C)(C)C)S(=O)(=O)c1ccccc1. The second-order valence-electron chi connectivity index (χ2n) is 5.74. The normalized spacial score (nSPS) is 12.4. The molecule has 0 aliphatic carbocycles. The molecule has 118 valence electrons. The summed E-state index contributed by atoms with van der Waals surface area (Å²) in [5.41, 5.74) is -0.633. The number of hydrogen-bond acceptors (Lipinski definition) is 4. The fourth-order valence-corrected chi connectivity index (χ4v) is 3.29. The minimum absolute atomic E-state index is 0.182. The van der Waals surface area contributed by atoms with Crippen LogP contribution in [0.3, 0.4) is 0 Å². The van der Waals surface area contributed by atoms with Crippen LogP contribution >= 0.6 is 0 Å². The van der Waals surface area contributed by atoms with Gasteiger partial charge in [0.15, 0.2) is 0 Å². The minimum atomic E-state index is -3.68. The van der Waals surface area contributed by atoms with Crippen LogP contribution in [0.25, 0.3) is 0 Å². The standard InChI is InChI=1S/C15H23NO4S/c1-5-11-16(12-14(17)20-15(2,3)4)21(18,19)13-9-7-6-8-10-13/h6-10H,5,11-12H2,1-4H3. The van der Waals surface area contributed by atoms with E-state index in [1.54, 1.807) is 39.0 Å². The summed E-state index contributed by atoms with van der Waals surface area (Å²) in [5.74, 6) is -0.546. The van der Waals surface area contributed by atoms with Crippen molar-refractivity contribution in [2.45, 2.75) is 44.6 Å². The second-order valence-corrected chi connectivity index (χ2v) is 7.68. The van der Waals surface area contributed by atoms with Crippen LogP contribution in [0, 0.1) is 0 Å². The van der Waals surface area contributed by atoms with Crippen LogP contribution < -0.4 is 0 Å². The number of sulfonamides is 1. The number of benzene rings is 1. The van der Waals surface area contributed by atoms with Gasteiger partial charge in [-0.05, 0) is 39.3 Å². The fourth-order valence-electron chi connectivity index (χ4n) is 1.79. The third-order valence-corrected chi connectivity index (χ3v) is 4.44. The first-order chi connectivity index (χ1) is 9.66. The van der Waals surface area contributed by atoms with Crippen molar-refractivity contribution >= 4 is 16.0 Å². The van der Waals surface area contributed by atoms with Crippen LogP contribution in [0.5, 0.6) is 0 Å². The van der Waals surface area contributed by atoms with Gasteiger partial charge in [-0.15, -0.1) is 0 Å². The molecule has 0 N–H and O–H groups in total. The van der Waals surface area contributed by atoms with E-state index >= 15 is 0 Å². The molecule has 1 rings (SSSR count). The molecule has 0 heterocycles. The molecule has 0 atom stereocenters. The van der Waals surface area contributed by atoms with Crippen molar-refractivity contribution in [3.05, 3.63) is 30.3 Å². The van der Waals surface area contributed by atoms with Crippen molar-refractivity contribution in [2.24, 2.45) is 0 Å². The van der Waals surface area contributed by atoms with Crippen LogP contribution in [0.15, 0.2) is 35.2 Å². The van der Waals surface area contributed by atoms with E-state index in [9.17, 15) is 13.2 Å². The van der Waals surface area contributed by atoms with Gasteiger partial charge in [0.25, 0.3) is 0 Å². The Morgan fingerprint density at radius 2 is 1.76 bits per heavy atom. The number of carbonyl (C=O) groups excluding carboxylic acids is 1.